The molecule has 1 aromatic heterocycles. The summed E-state index contributed by atoms with van der Waals surface area (Å²) in [5.41, 5.74) is 4.27. The second-order valence-electron chi connectivity index (χ2n) is 7.89. The highest BCUT2D eigenvalue weighted by Gasteiger charge is 2.30. The first-order chi connectivity index (χ1) is 16.3. The van der Waals surface area contributed by atoms with E-state index in [1.54, 1.807) is 11.6 Å². The number of hydrogen-bond donors (Lipinski definition) is 3. The van der Waals surface area contributed by atoms with Crippen LogP contribution in [0.4, 0.5) is 4.79 Å². The minimum absolute atomic E-state index is 0.0184. The number of amides is 2. The summed E-state index contributed by atoms with van der Waals surface area (Å²) in [6.07, 6.45) is -0.0346. The lowest BCUT2D eigenvalue weighted by Crippen LogP contribution is -2.48. The molecule has 176 valence electrons. The van der Waals surface area contributed by atoms with Crippen molar-refractivity contribution in [3.8, 4) is 11.1 Å². The van der Waals surface area contributed by atoms with Crippen LogP contribution >= 0.6 is 11.6 Å². The SMILES string of the molecule is Cn1c(Cl)cnc1CNC(=O)C(CC(=O)O)NC(=O)OCC1c2ccccc2-c2ccccc21. The third-order valence-corrected chi connectivity index (χ3v) is 6.13. The van der Waals surface area contributed by atoms with Gasteiger partial charge in [-0.25, -0.2) is 9.78 Å². The number of benzene rings is 2. The molecule has 2 amide bonds. The van der Waals surface area contributed by atoms with Crippen LogP contribution in [0.15, 0.2) is 54.7 Å². The molecule has 3 aromatic rings. The van der Waals surface area contributed by atoms with E-state index in [2.05, 4.69) is 15.6 Å². The zero-order valence-electron chi connectivity index (χ0n) is 18.3. The molecular weight excluding hydrogens is 460 g/mol. The quantitative estimate of drug-likeness (QED) is 0.453. The maximum Gasteiger partial charge on any atom is 0.407 e. The van der Waals surface area contributed by atoms with E-state index in [-0.39, 0.29) is 19.1 Å². The predicted octanol–water partition coefficient (Wildman–Crippen LogP) is 3.07. The van der Waals surface area contributed by atoms with Gasteiger partial charge >= 0.3 is 12.1 Å². The lowest BCUT2D eigenvalue weighted by Gasteiger charge is -2.18. The molecule has 0 bridgehead atoms. The van der Waals surface area contributed by atoms with Crippen LogP contribution in [0.3, 0.4) is 0 Å². The van der Waals surface area contributed by atoms with Crippen molar-refractivity contribution in [1.29, 1.82) is 0 Å². The fourth-order valence-corrected chi connectivity index (χ4v) is 4.19. The largest absolute Gasteiger partial charge is 0.481 e. The van der Waals surface area contributed by atoms with Gasteiger partial charge in [-0.2, -0.15) is 0 Å². The van der Waals surface area contributed by atoms with Crippen molar-refractivity contribution < 1.29 is 24.2 Å². The number of carbonyl (C=O) groups excluding carboxylic acids is 2. The minimum Gasteiger partial charge on any atom is -0.481 e. The molecule has 1 atom stereocenters. The number of hydrogen-bond acceptors (Lipinski definition) is 5. The molecule has 3 N–H and O–H groups in total. The van der Waals surface area contributed by atoms with E-state index >= 15 is 0 Å². The van der Waals surface area contributed by atoms with Crippen LogP contribution < -0.4 is 10.6 Å². The fraction of sp³-hybridized carbons (Fsp3) is 0.250. The van der Waals surface area contributed by atoms with E-state index in [1.807, 2.05) is 48.5 Å². The lowest BCUT2D eigenvalue weighted by atomic mass is 9.98. The number of aliphatic carboxylic acids is 1. The molecule has 1 aliphatic carbocycles. The molecular formula is C24H23ClN4O5. The van der Waals surface area contributed by atoms with E-state index in [4.69, 9.17) is 16.3 Å². The average molecular weight is 483 g/mol. The number of imidazole rings is 1. The van der Waals surface area contributed by atoms with Gasteiger partial charge in [0, 0.05) is 13.0 Å². The van der Waals surface area contributed by atoms with E-state index < -0.39 is 30.4 Å². The highest BCUT2D eigenvalue weighted by molar-refractivity contribution is 6.29. The molecule has 9 nitrogen and oxygen atoms in total. The summed E-state index contributed by atoms with van der Waals surface area (Å²) < 4.78 is 7.01. The molecule has 0 spiro atoms. The van der Waals surface area contributed by atoms with Gasteiger partial charge in [-0.3, -0.25) is 9.59 Å². The van der Waals surface area contributed by atoms with Crippen molar-refractivity contribution in [2.75, 3.05) is 6.61 Å². The summed E-state index contributed by atoms with van der Waals surface area (Å²) in [5.74, 6) is -1.58. The van der Waals surface area contributed by atoms with Crippen LogP contribution in [0.2, 0.25) is 5.15 Å². The lowest BCUT2D eigenvalue weighted by molar-refractivity contribution is -0.139. The topological polar surface area (TPSA) is 123 Å². The number of carboxylic acids is 1. The number of ether oxygens (including phenoxy) is 1. The standard InChI is InChI=1S/C24H23ClN4O5/c1-29-20(25)11-26-21(29)12-27-23(32)19(10-22(30)31)28-24(33)34-13-18-16-8-4-2-6-14(16)15-7-3-5-9-17(15)18/h2-9,11,18-19H,10,12-13H2,1H3,(H,27,32)(H,28,33)(H,30,31). The number of fused-ring (bicyclic) bond motifs is 3. The van der Waals surface area contributed by atoms with Crippen LogP contribution in [0.25, 0.3) is 11.1 Å². The summed E-state index contributed by atoms with van der Waals surface area (Å²) >= 11 is 5.93. The Labute approximate surface area is 200 Å². The second kappa shape index (κ2) is 9.96. The molecule has 0 radical (unpaired) electrons. The summed E-state index contributed by atoms with van der Waals surface area (Å²) in [6.45, 7) is 0.0670. The first-order valence-corrected chi connectivity index (χ1v) is 11.0. The zero-order chi connectivity index (χ0) is 24.2. The zero-order valence-corrected chi connectivity index (χ0v) is 19.1. The van der Waals surface area contributed by atoms with Crippen LogP contribution in [-0.4, -0.2) is 45.3 Å². The normalized spacial score (nSPS) is 13.0. The van der Waals surface area contributed by atoms with Crippen molar-refractivity contribution in [3.63, 3.8) is 0 Å². The summed E-state index contributed by atoms with van der Waals surface area (Å²) in [7, 11) is 1.68. The highest BCUT2D eigenvalue weighted by Crippen LogP contribution is 2.44. The molecule has 0 saturated heterocycles. The van der Waals surface area contributed by atoms with E-state index in [1.165, 1.54) is 6.20 Å². The molecule has 0 fully saturated rings. The summed E-state index contributed by atoms with van der Waals surface area (Å²) in [4.78, 5) is 40.4. The summed E-state index contributed by atoms with van der Waals surface area (Å²) in [6, 6.07) is 14.5. The Morgan fingerprint density at radius 1 is 1.12 bits per heavy atom. The second-order valence-corrected chi connectivity index (χ2v) is 8.28. The molecule has 1 heterocycles. The van der Waals surface area contributed by atoms with Gasteiger partial charge in [-0.05, 0) is 22.3 Å². The first kappa shape index (κ1) is 23.3. The number of aromatic nitrogens is 2. The number of nitrogens with zero attached hydrogens (tertiary/aromatic N) is 2. The maximum absolute atomic E-state index is 12.6. The number of halogens is 1. The van der Waals surface area contributed by atoms with Gasteiger partial charge in [-0.15, -0.1) is 0 Å². The minimum atomic E-state index is -1.32. The van der Waals surface area contributed by atoms with Crippen LogP contribution in [0.1, 0.15) is 29.3 Å². The van der Waals surface area contributed by atoms with Gasteiger partial charge in [0.05, 0.1) is 19.2 Å². The number of rotatable bonds is 8. The van der Waals surface area contributed by atoms with E-state index in [0.29, 0.717) is 11.0 Å². The molecule has 4 rings (SSSR count). The maximum atomic E-state index is 12.6. The number of carbonyl (C=O) groups is 3. The van der Waals surface area contributed by atoms with Gasteiger partial charge in [0.1, 0.15) is 23.6 Å². The van der Waals surface area contributed by atoms with E-state index in [9.17, 15) is 19.5 Å². The smallest absolute Gasteiger partial charge is 0.407 e. The Bertz CT molecular complexity index is 1200. The Morgan fingerprint density at radius 3 is 2.29 bits per heavy atom. The molecule has 0 aliphatic heterocycles. The average Bonchev–Trinajstić information content (AvgIpc) is 3.32. The van der Waals surface area contributed by atoms with Gasteiger partial charge in [0.2, 0.25) is 5.91 Å². The number of carboxylic acid groups (broad SMARTS) is 1. The van der Waals surface area contributed by atoms with Crippen molar-refractivity contribution in [1.82, 2.24) is 20.2 Å². The van der Waals surface area contributed by atoms with Gasteiger partial charge in [0.25, 0.3) is 0 Å². The van der Waals surface area contributed by atoms with Gasteiger partial charge in [-0.1, -0.05) is 60.1 Å². The van der Waals surface area contributed by atoms with Crippen LogP contribution in [-0.2, 0) is 27.9 Å². The number of alkyl carbamates (subject to hydrolysis) is 1. The van der Waals surface area contributed by atoms with Crippen molar-refractivity contribution >= 4 is 29.6 Å². The van der Waals surface area contributed by atoms with Gasteiger partial charge < -0.3 is 25.0 Å². The van der Waals surface area contributed by atoms with Crippen LogP contribution in [0.5, 0.6) is 0 Å². The third kappa shape index (κ3) is 4.89. The van der Waals surface area contributed by atoms with E-state index in [0.717, 1.165) is 22.3 Å². The molecule has 34 heavy (non-hydrogen) atoms. The van der Waals surface area contributed by atoms with Gasteiger partial charge in [0.15, 0.2) is 0 Å². The molecule has 0 saturated carbocycles. The van der Waals surface area contributed by atoms with Crippen molar-refractivity contribution in [2.24, 2.45) is 7.05 Å². The fourth-order valence-electron chi connectivity index (χ4n) is 4.04. The Balaban J connectivity index is 1.39. The first-order valence-electron chi connectivity index (χ1n) is 10.6. The Morgan fingerprint density at radius 2 is 1.74 bits per heavy atom. The van der Waals surface area contributed by atoms with Crippen LogP contribution in [0, 0.1) is 0 Å². The Kier molecular flexibility index (Phi) is 6.83. The summed E-state index contributed by atoms with van der Waals surface area (Å²) in [5, 5.41) is 14.5. The van der Waals surface area contributed by atoms with Crippen molar-refractivity contribution in [3.05, 3.63) is 76.8 Å². The Hall–Kier alpha value is -3.85. The highest BCUT2D eigenvalue weighted by atomic mass is 35.5. The molecule has 1 unspecified atom stereocenters. The van der Waals surface area contributed by atoms with Crippen molar-refractivity contribution in [2.45, 2.75) is 24.9 Å². The third-order valence-electron chi connectivity index (χ3n) is 5.78. The predicted molar refractivity (Wildman–Crippen MR) is 124 cm³/mol. The molecule has 1 aliphatic rings. The molecule has 2 aromatic carbocycles. The molecule has 10 heteroatoms. The number of nitrogens with one attached hydrogen (secondary N) is 2. The monoisotopic (exact) mass is 482 g/mol.